The van der Waals surface area contributed by atoms with Crippen LogP contribution in [0.15, 0.2) is 51.9 Å². The van der Waals surface area contributed by atoms with Crippen molar-refractivity contribution in [2.24, 2.45) is 5.92 Å². The van der Waals surface area contributed by atoms with Crippen molar-refractivity contribution in [3.63, 3.8) is 0 Å². The fraction of sp³-hybridized carbons (Fsp3) is 0.333. The third kappa shape index (κ3) is 3.80. The second-order valence-corrected chi connectivity index (χ2v) is 8.22. The summed E-state index contributed by atoms with van der Waals surface area (Å²) in [4.78, 5) is 23.8. The van der Waals surface area contributed by atoms with Crippen LogP contribution in [0.3, 0.4) is 0 Å². The molecule has 1 atom stereocenters. The van der Waals surface area contributed by atoms with E-state index in [4.69, 9.17) is 4.52 Å². The van der Waals surface area contributed by atoms with Crippen LogP contribution in [0.1, 0.15) is 18.7 Å². The van der Waals surface area contributed by atoms with E-state index < -0.39 is 0 Å². The van der Waals surface area contributed by atoms with Crippen LogP contribution in [0.4, 0.5) is 0 Å². The summed E-state index contributed by atoms with van der Waals surface area (Å²) < 4.78 is 7.37. The van der Waals surface area contributed by atoms with Gasteiger partial charge in [-0.1, -0.05) is 17.3 Å². The predicted octanol–water partition coefficient (Wildman–Crippen LogP) is 3.63. The van der Waals surface area contributed by atoms with Crippen molar-refractivity contribution in [1.29, 1.82) is 0 Å². The summed E-state index contributed by atoms with van der Waals surface area (Å²) in [7, 11) is 0. The summed E-state index contributed by atoms with van der Waals surface area (Å²) in [5.74, 6) is 1.74. The summed E-state index contributed by atoms with van der Waals surface area (Å²) in [6.45, 7) is 1.84. The molecule has 29 heavy (non-hydrogen) atoms. The number of hydrogen-bond donors (Lipinski definition) is 0. The van der Waals surface area contributed by atoms with Gasteiger partial charge in [-0.2, -0.15) is 16.3 Å². The zero-order chi connectivity index (χ0) is 19.6. The number of amides is 1. The Morgan fingerprint density at radius 1 is 1.28 bits per heavy atom. The van der Waals surface area contributed by atoms with Crippen LogP contribution in [0, 0.1) is 5.92 Å². The minimum atomic E-state index is 0.127. The molecular weight excluding hydrogens is 386 g/mol. The minimum absolute atomic E-state index is 0.127. The van der Waals surface area contributed by atoms with Crippen molar-refractivity contribution < 1.29 is 9.32 Å². The molecule has 4 heterocycles. The van der Waals surface area contributed by atoms with E-state index in [1.807, 2.05) is 50.6 Å². The Bertz CT molecular complexity index is 1120. The van der Waals surface area contributed by atoms with Crippen LogP contribution >= 0.6 is 11.3 Å². The van der Waals surface area contributed by atoms with Crippen molar-refractivity contribution in [1.82, 2.24) is 24.6 Å². The van der Waals surface area contributed by atoms with Gasteiger partial charge in [0.25, 0.3) is 0 Å². The number of imidazole rings is 1. The van der Waals surface area contributed by atoms with E-state index in [9.17, 15) is 4.79 Å². The number of thiophene rings is 1. The molecule has 1 aliphatic rings. The molecule has 1 fully saturated rings. The van der Waals surface area contributed by atoms with E-state index in [0.29, 0.717) is 30.6 Å². The predicted molar refractivity (Wildman–Crippen MR) is 110 cm³/mol. The first-order valence-corrected chi connectivity index (χ1v) is 10.7. The summed E-state index contributed by atoms with van der Waals surface area (Å²) >= 11 is 1.61. The second-order valence-electron chi connectivity index (χ2n) is 7.44. The van der Waals surface area contributed by atoms with E-state index in [1.54, 1.807) is 17.7 Å². The van der Waals surface area contributed by atoms with Crippen molar-refractivity contribution in [3.05, 3.63) is 53.3 Å². The van der Waals surface area contributed by atoms with Gasteiger partial charge in [0, 0.05) is 30.5 Å². The molecule has 3 aromatic heterocycles. The normalized spacial score (nSPS) is 17.1. The van der Waals surface area contributed by atoms with Gasteiger partial charge in [-0.15, -0.1) is 0 Å². The lowest BCUT2D eigenvalue weighted by Crippen LogP contribution is -2.42. The van der Waals surface area contributed by atoms with Crippen molar-refractivity contribution in [2.75, 3.05) is 13.1 Å². The number of aromatic nitrogens is 4. The Morgan fingerprint density at radius 2 is 2.21 bits per heavy atom. The molecule has 0 aliphatic carbocycles. The standard InChI is InChI=1S/C21H21N5O2S/c27-20(12-26-14-22-17-5-1-2-6-18(17)26)25-8-3-4-15(11-25)10-19-23-21(24-28-19)16-7-9-29-13-16/h1-2,5-7,9,13-15H,3-4,8,10-12H2/t15-/m0/s1. The number of carbonyl (C=O) groups excluding carboxylic acids is 1. The average molecular weight is 407 g/mol. The van der Waals surface area contributed by atoms with Crippen molar-refractivity contribution in [2.45, 2.75) is 25.8 Å². The minimum Gasteiger partial charge on any atom is -0.341 e. The molecule has 0 unspecified atom stereocenters. The highest BCUT2D eigenvalue weighted by molar-refractivity contribution is 7.08. The molecular formula is C21H21N5O2S. The summed E-state index contributed by atoms with van der Waals surface area (Å²) in [6, 6.07) is 9.87. The molecule has 0 spiro atoms. The van der Waals surface area contributed by atoms with Crippen LogP contribution in [0.25, 0.3) is 22.4 Å². The monoisotopic (exact) mass is 407 g/mol. The highest BCUT2D eigenvalue weighted by atomic mass is 32.1. The molecule has 1 amide bonds. The van der Waals surface area contributed by atoms with Crippen LogP contribution in [-0.2, 0) is 17.8 Å². The molecule has 5 rings (SSSR count). The first kappa shape index (κ1) is 18.1. The lowest BCUT2D eigenvalue weighted by atomic mass is 9.94. The number of fused-ring (bicyclic) bond motifs is 1. The van der Waals surface area contributed by atoms with Crippen LogP contribution in [-0.4, -0.2) is 43.6 Å². The molecule has 0 radical (unpaired) electrons. The molecule has 1 aromatic carbocycles. The maximum Gasteiger partial charge on any atom is 0.242 e. The molecule has 4 aromatic rings. The third-order valence-corrected chi connectivity index (χ3v) is 6.10. The molecule has 0 bridgehead atoms. The van der Waals surface area contributed by atoms with Gasteiger partial charge in [-0.05, 0) is 42.3 Å². The van der Waals surface area contributed by atoms with Crippen LogP contribution in [0.5, 0.6) is 0 Å². The highest BCUT2D eigenvalue weighted by Crippen LogP contribution is 2.23. The van der Waals surface area contributed by atoms with Gasteiger partial charge < -0.3 is 14.0 Å². The Balaban J connectivity index is 1.23. The van der Waals surface area contributed by atoms with Gasteiger partial charge in [-0.25, -0.2) is 4.98 Å². The lowest BCUT2D eigenvalue weighted by Gasteiger charge is -2.32. The first-order valence-electron chi connectivity index (χ1n) is 9.79. The average Bonchev–Trinajstić information content (AvgIpc) is 3.49. The van der Waals surface area contributed by atoms with Gasteiger partial charge in [0.2, 0.25) is 17.6 Å². The Morgan fingerprint density at radius 3 is 3.10 bits per heavy atom. The number of nitrogens with zero attached hydrogens (tertiary/aromatic N) is 5. The number of piperidine rings is 1. The maximum atomic E-state index is 12.9. The summed E-state index contributed by atoms with van der Waals surface area (Å²) in [5, 5.41) is 8.10. The maximum absolute atomic E-state index is 12.9. The quantitative estimate of drug-likeness (QED) is 0.505. The van der Waals surface area contributed by atoms with Gasteiger partial charge in [0.1, 0.15) is 6.54 Å². The van der Waals surface area contributed by atoms with Crippen LogP contribution < -0.4 is 0 Å². The van der Waals surface area contributed by atoms with Gasteiger partial charge in [0.05, 0.1) is 17.4 Å². The molecule has 1 saturated heterocycles. The van der Waals surface area contributed by atoms with E-state index in [2.05, 4.69) is 15.1 Å². The molecule has 0 saturated carbocycles. The number of hydrogen-bond acceptors (Lipinski definition) is 6. The SMILES string of the molecule is O=C(Cn1cnc2ccccc21)N1CCC[C@@H](Cc2nc(-c3ccsc3)no2)C1. The fourth-order valence-electron chi connectivity index (χ4n) is 3.93. The number of para-hydroxylation sites is 2. The Labute approximate surface area is 172 Å². The zero-order valence-electron chi connectivity index (χ0n) is 15.9. The zero-order valence-corrected chi connectivity index (χ0v) is 16.7. The summed E-state index contributed by atoms with van der Waals surface area (Å²) in [6.07, 6.45) is 4.50. The number of benzene rings is 1. The molecule has 148 valence electrons. The van der Waals surface area contributed by atoms with Gasteiger partial charge in [-0.3, -0.25) is 4.79 Å². The molecule has 1 aliphatic heterocycles. The molecule has 0 N–H and O–H groups in total. The lowest BCUT2D eigenvalue weighted by molar-refractivity contribution is -0.133. The number of carbonyl (C=O) groups is 1. The van der Waals surface area contributed by atoms with Crippen molar-refractivity contribution in [3.8, 4) is 11.4 Å². The van der Waals surface area contributed by atoms with E-state index >= 15 is 0 Å². The fourth-order valence-corrected chi connectivity index (χ4v) is 4.57. The first-order chi connectivity index (χ1) is 14.3. The van der Waals surface area contributed by atoms with Crippen LogP contribution in [0.2, 0.25) is 0 Å². The Hall–Kier alpha value is -3.00. The second kappa shape index (κ2) is 7.79. The van der Waals surface area contributed by atoms with E-state index in [-0.39, 0.29) is 5.91 Å². The van der Waals surface area contributed by atoms with Gasteiger partial charge in [0.15, 0.2) is 0 Å². The highest BCUT2D eigenvalue weighted by Gasteiger charge is 2.26. The third-order valence-electron chi connectivity index (χ3n) is 5.42. The molecule has 8 heteroatoms. The largest absolute Gasteiger partial charge is 0.341 e. The number of likely N-dealkylation sites (tertiary alicyclic amines) is 1. The smallest absolute Gasteiger partial charge is 0.242 e. The van der Waals surface area contributed by atoms with Gasteiger partial charge >= 0.3 is 0 Å². The van der Waals surface area contributed by atoms with E-state index in [1.165, 1.54) is 0 Å². The molecule has 7 nitrogen and oxygen atoms in total. The number of rotatable bonds is 5. The van der Waals surface area contributed by atoms with Crippen molar-refractivity contribution >= 4 is 28.3 Å². The summed E-state index contributed by atoms with van der Waals surface area (Å²) in [5.41, 5.74) is 2.88. The topological polar surface area (TPSA) is 77.1 Å². The van der Waals surface area contributed by atoms with E-state index in [0.717, 1.165) is 42.5 Å². The Kier molecular flexibility index (Phi) is 4.85.